The Balaban J connectivity index is 0.000000407. The highest BCUT2D eigenvalue weighted by atomic mass is 19.2. The molecule has 0 aromatic heterocycles. The molecule has 0 bridgehead atoms. The van der Waals surface area contributed by atoms with Crippen molar-refractivity contribution >= 4 is 12.2 Å². The van der Waals surface area contributed by atoms with E-state index in [9.17, 15) is 18.4 Å². The van der Waals surface area contributed by atoms with Crippen LogP contribution in [-0.2, 0) is 19.1 Å². The molecule has 2 rings (SSSR count). The van der Waals surface area contributed by atoms with Gasteiger partial charge in [-0.25, -0.2) is 4.39 Å². The molecule has 1 aliphatic heterocycles. The molecule has 0 aliphatic carbocycles. The lowest BCUT2D eigenvalue weighted by atomic mass is 10.2. The summed E-state index contributed by atoms with van der Waals surface area (Å²) in [5, 5.41) is 2.56. The average molecular weight is 418 g/mol. The fraction of sp³-hybridized carbons (Fsp3) is 0.600. The number of carbonyl (C=O) groups is 2. The number of rotatable bonds is 7. The predicted molar refractivity (Wildman–Crippen MR) is 106 cm³/mol. The van der Waals surface area contributed by atoms with Crippen LogP contribution in [0.4, 0.5) is 8.78 Å². The number of likely N-dealkylation sites (N-methyl/N-ethyl adjacent to an activating group) is 2. The van der Waals surface area contributed by atoms with Crippen LogP contribution in [-0.4, -0.2) is 77.3 Å². The summed E-state index contributed by atoms with van der Waals surface area (Å²) < 4.78 is 39.5. The third-order valence-electron chi connectivity index (χ3n) is 3.78. The Kier molecular flexibility index (Phi) is 14.6. The number of nitrogens with one attached hydrogen (secondary N) is 1. The van der Waals surface area contributed by atoms with Crippen molar-refractivity contribution < 1.29 is 32.6 Å². The van der Waals surface area contributed by atoms with Gasteiger partial charge in [0.2, 0.25) is 11.7 Å². The van der Waals surface area contributed by atoms with Crippen molar-refractivity contribution in [3.63, 3.8) is 0 Å². The zero-order valence-corrected chi connectivity index (χ0v) is 17.7. The Morgan fingerprint density at radius 3 is 2.48 bits per heavy atom. The highest BCUT2D eigenvalue weighted by Crippen LogP contribution is 2.19. The number of hydrogen-bond donors (Lipinski definition) is 1. The Bertz CT molecular complexity index is 602. The van der Waals surface area contributed by atoms with Gasteiger partial charge < -0.3 is 29.2 Å². The van der Waals surface area contributed by atoms with Gasteiger partial charge in [0.1, 0.15) is 19.0 Å². The van der Waals surface area contributed by atoms with Crippen LogP contribution < -0.4 is 10.1 Å². The van der Waals surface area contributed by atoms with Crippen LogP contribution in [0.3, 0.4) is 0 Å². The van der Waals surface area contributed by atoms with Gasteiger partial charge in [-0.3, -0.25) is 4.79 Å². The van der Waals surface area contributed by atoms with Crippen molar-refractivity contribution in [3.05, 3.63) is 29.8 Å². The molecule has 9 heteroatoms. The van der Waals surface area contributed by atoms with Gasteiger partial charge in [-0.1, -0.05) is 6.07 Å². The molecule has 1 fully saturated rings. The van der Waals surface area contributed by atoms with Gasteiger partial charge in [-0.2, -0.15) is 4.39 Å². The first-order valence-corrected chi connectivity index (χ1v) is 9.27. The maximum atomic E-state index is 12.5. The van der Waals surface area contributed by atoms with E-state index in [1.54, 1.807) is 7.05 Å². The SMILES string of the molecule is CN(C)CCOCC=O.CNC(=O)C1CCC(C)O1.COc1cccc(F)c1F. The van der Waals surface area contributed by atoms with Crippen LogP contribution in [0.1, 0.15) is 19.8 Å². The summed E-state index contributed by atoms with van der Waals surface area (Å²) in [5.74, 6) is -1.89. The molecule has 166 valence electrons. The molecule has 0 radical (unpaired) electrons. The monoisotopic (exact) mass is 418 g/mol. The number of methoxy groups -OCH3 is 1. The maximum Gasteiger partial charge on any atom is 0.248 e. The van der Waals surface area contributed by atoms with Crippen molar-refractivity contribution in [2.45, 2.75) is 32.0 Å². The number of nitrogens with zero attached hydrogens (tertiary/aromatic N) is 1. The smallest absolute Gasteiger partial charge is 0.248 e. The van der Waals surface area contributed by atoms with E-state index in [1.165, 1.54) is 19.2 Å². The van der Waals surface area contributed by atoms with Crippen molar-refractivity contribution in [1.82, 2.24) is 10.2 Å². The fourth-order valence-corrected chi connectivity index (χ4v) is 2.18. The molecule has 1 saturated heterocycles. The first kappa shape index (κ1) is 26.9. The number of benzene rings is 1. The van der Waals surface area contributed by atoms with Crippen LogP contribution in [0, 0.1) is 11.6 Å². The topological polar surface area (TPSA) is 77.1 Å². The van der Waals surface area contributed by atoms with Crippen molar-refractivity contribution in [2.24, 2.45) is 0 Å². The molecule has 1 heterocycles. The molecular formula is C20H32F2N2O5. The van der Waals surface area contributed by atoms with Gasteiger partial charge in [-0.15, -0.1) is 0 Å². The molecule has 1 aromatic carbocycles. The van der Waals surface area contributed by atoms with E-state index in [4.69, 9.17) is 9.47 Å². The summed E-state index contributed by atoms with van der Waals surface area (Å²) in [6, 6.07) is 3.79. The minimum Gasteiger partial charge on any atom is -0.494 e. The van der Waals surface area contributed by atoms with Gasteiger partial charge in [0.25, 0.3) is 0 Å². The first-order chi connectivity index (χ1) is 13.8. The number of carbonyl (C=O) groups excluding carboxylic acids is 2. The number of aldehydes is 1. The van der Waals surface area contributed by atoms with Crippen LogP contribution in [0.15, 0.2) is 18.2 Å². The van der Waals surface area contributed by atoms with Crippen molar-refractivity contribution in [3.8, 4) is 5.75 Å². The van der Waals surface area contributed by atoms with Gasteiger partial charge >= 0.3 is 0 Å². The Morgan fingerprint density at radius 1 is 1.34 bits per heavy atom. The number of amides is 1. The fourth-order valence-electron chi connectivity index (χ4n) is 2.18. The molecule has 0 spiro atoms. The molecule has 1 N–H and O–H groups in total. The van der Waals surface area contributed by atoms with Crippen molar-refractivity contribution in [2.75, 3.05) is 48.0 Å². The second-order valence-corrected chi connectivity index (χ2v) is 6.43. The van der Waals surface area contributed by atoms with E-state index in [1.807, 2.05) is 25.9 Å². The second kappa shape index (κ2) is 15.8. The van der Waals surface area contributed by atoms with E-state index in [0.717, 1.165) is 31.7 Å². The summed E-state index contributed by atoms with van der Waals surface area (Å²) in [6.07, 6.45) is 2.68. The van der Waals surface area contributed by atoms with E-state index >= 15 is 0 Å². The summed E-state index contributed by atoms with van der Waals surface area (Å²) in [7, 11) is 6.85. The lowest BCUT2D eigenvalue weighted by Gasteiger charge is -2.07. The Labute approximate surface area is 171 Å². The minimum absolute atomic E-state index is 0.00403. The van der Waals surface area contributed by atoms with Crippen LogP contribution in [0.25, 0.3) is 0 Å². The second-order valence-electron chi connectivity index (χ2n) is 6.43. The molecule has 2 unspecified atom stereocenters. The molecule has 1 aromatic rings. The summed E-state index contributed by atoms with van der Waals surface area (Å²) in [4.78, 5) is 22.6. The highest BCUT2D eigenvalue weighted by Gasteiger charge is 2.26. The molecule has 29 heavy (non-hydrogen) atoms. The van der Waals surface area contributed by atoms with Gasteiger partial charge in [0.05, 0.1) is 19.8 Å². The van der Waals surface area contributed by atoms with Crippen LogP contribution in [0.5, 0.6) is 5.75 Å². The average Bonchev–Trinajstić information content (AvgIpc) is 3.14. The highest BCUT2D eigenvalue weighted by molar-refractivity contribution is 5.80. The maximum absolute atomic E-state index is 12.5. The van der Waals surface area contributed by atoms with E-state index < -0.39 is 11.6 Å². The van der Waals surface area contributed by atoms with E-state index in [2.05, 4.69) is 10.1 Å². The zero-order valence-electron chi connectivity index (χ0n) is 17.7. The summed E-state index contributed by atoms with van der Waals surface area (Å²) >= 11 is 0. The summed E-state index contributed by atoms with van der Waals surface area (Å²) in [5.41, 5.74) is 0. The molecule has 1 amide bonds. The minimum atomic E-state index is -0.940. The first-order valence-electron chi connectivity index (χ1n) is 9.27. The Morgan fingerprint density at radius 2 is 2.03 bits per heavy atom. The van der Waals surface area contributed by atoms with Crippen LogP contribution in [0.2, 0.25) is 0 Å². The molecule has 2 atom stereocenters. The van der Waals surface area contributed by atoms with Gasteiger partial charge in [0, 0.05) is 13.6 Å². The van der Waals surface area contributed by atoms with E-state index in [-0.39, 0.29) is 30.5 Å². The zero-order chi connectivity index (χ0) is 22.2. The largest absolute Gasteiger partial charge is 0.494 e. The third kappa shape index (κ3) is 12.1. The van der Waals surface area contributed by atoms with Gasteiger partial charge in [-0.05, 0) is 46.0 Å². The molecule has 0 saturated carbocycles. The van der Waals surface area contributed by atoms with Gasteiger partial charge in [0.15, 0.2) is 11.6 Å². The standard InChI is InChI=1S/C7H6F2O.C7H13NO2.C6H13NO2/c1-10-6-4-2-3-5(8)7(6)9;1-5-3-4-6(10-5)7(9)8-2;1-7(2)3-5-9-6-4-8/h2-4H,1H3;5-6H,3-4H2,1-2H3,(H,8,9);4H,3,5-6H2,1-2H3. The Hall–Kier alpha value is -2.10. The van der Waals surface area contributed by atoms with Crippen LogP contribution >= 0.6 is 0 Å². The predicted octanol–water partition coefficient (Wildman–Crippen LogP) is 2.04. The lowest BCUT2D eigenvalue weighted by molar-refractivity contribution is -0.131. The number of hydrogen-bond acceptors (Lipinski definition) is 6. The van der Waals surface area contributed by atoms with E-state index in [0.29, 0.717) is 6.61 Å². The third-order valence-corrected chi connectivity index (χ3v) is 3.78. The molecular weight excluding hydrogens is 386 g/mol. The molecule has 7 nitrogen and oxygen atoms in total. The quantitative estimate of drug-likeness (QED) is 0.539. The lowest BCUT2D eigenvalue weighted by Crippen LogP contribution is -2.31. The van der Waals surface area contributed by atoms with Crippen molar-refractivity contribution in [1.29, 1.82) is 0 Å². The summed E-state index contributed by atoms with van der Waals surface area (Å²) in [6.45, 7) is 3.70. The normalized spacial score (nSPS) is 17.5. The number of halogens is 2. The molecule has 1 aliphatic rings. The number of ether oxygens (including phenoxy) is 3.